The van der Waals surface area contributed by atoms with E-state index in [1.165, 1.54) is 0 Å². The van der Waals surface area contributed by atoms with E-state index in [9.17, 15) is 9.59 Å². The van der Waals surface area contributed by atoms with E-state index in [4.69, 9.17) is 4.74 Å². The Morgan fingerprint density at radius 3 is 2.40 bits per heavy atom. The molecular formula is C16H27NO3. The minimum absolute atomic E-state index is 0.107. The van der Waals surface area contributed by atoms with Crippen LogP contribution in [0.2, 0.25) is 0 Å². The third-order valence-electron chi connectivity index (χ3n) is 5.16. The summed E-state index contributed by atoms with van der Waals surface area (Å²) in [6.45, 7) is 11.3. The molecule has 1 amide bonds. The molecule has 1 aliphatic heterocycles. The van der Waals surface area contributed by atoms with Gasteiger partial charge in [0, 0.05) is 25.4 Å². The fourth-order valence-corrected chi connectivity index (χ4v) is 3.81. The van der Waals surface area contributed by atoms with Crippen LogP contribution in [0.5, 0.6) is 0 Å². The maximum Gasteiger partial charge on any atom is 0.410 e. The molecule has 3 atom stereocenters. The monoisotopic (exact) mass is 281 g/mol. The predicted octanol–water partition coefficient (Wildman–Crippen LogP) is 3.25. The van der Waals surface area contributed by atoms with Crippen LogP contribution in [0.15, 0.2) is 0 Å². The van der Waals surface area contributed by atoms with Crippen LogP contribution in [0, 0.1) is 17.3 Å². The van der Waals surface area contributed by atoms with Crippen molar-refractivity contribution in [3.63, 3.8) is 0 Å². The van der Waals surface area contributed by atoms with Crippen molar-refractivity contribution >= 4 is 11.9 Å². The summed E-state index contributed by atoms with van der Waals surface area (Å²) in [5, 5.41) is 0. The Morgan fingerprint density at radius 2 is 1.95 bits per heavy atom. The molecule has 4 heteroatoms. The van der Waals surface area contributed by atoms with Crippen molar-refractivity contribution in [2.45, 2.75) is 59.5 Å². The summed E-state index contributed by atoms with van der Waals surface area (Å²) in [6, 6.07) is 0. The first-order chi connectivity index (χ1) is 9.16. The number of hydrogen-bond donors (Lipinski definition) is 0. The number of nitrogens with zero attached hydrogens (tertiary/aromatic N) is 1. The van der Waals surface area contributed by atoms with Gasteiger partial charge < -0.3 is 9.64 Å². The molecule has 1 aliphatic carbocycles. The van der Waals surface area contributed by atoms with Crippen LogP contribution in [-0.2, 0) is 9.53 Å². The lowest BCUT2D eigenvalue weighted by molar-refractivity contribution is -0.123. The van der Waals surface area contributed by atoms with Crippen molar-refractivity contribution in [1.29, 1.82) is 0 Å². The Bertz CT molecular complexity index is 412. The molecule has 2 aliphatic rings. The van der Waals surface area contributed by atoms with E-state index in [2.05, 4.69) is 13.8 Å². The first kappa shape index (κ1) is 15.3. The summed E-state index contributed by atoms with van der Waals surface area (Å²) in [7, 11) is 0. The Labute approximate surface area is 121 Å². The van der Waals surface area contributed by atoms with Crippen LogP contribution in [0.25, 0.3) is 0 Å². The van der Waals surface area contributed by atoms with E-state index in [1.807, 2.05) is 20.8 Å². The molecule has 1 spiro atoms. The Hall–Kier alpha value is -1.06. The van der Waals surface area contributed by atoms with Crippen molar-refractivity contribution in [3.8, 4) is 0 Å². The average molecular weight is 281 g/mol. The lowest BCUT2D eigenvalue weighted by atomic mass is 9.65. The van der Waals surface area contributed by atoms with E-state index in [0.29, 0.717) is 31.2 Å². The summed E-state index contributed by atoms with van der Waals surface area (Å²) in [5.41, 5.74) is -0.346. The molecule has 1 heterocycles. The summed E-state index contributed by atoms with van der Waals surface area (Å²) in [6.07, 6.45) is 2.38. The van der Waals surface area contributed by atoms with E-state index in [-0.39, 0.29) is 17.4 Å². The van der Waals surface area contributed by atoms with Gasteiger partial charge in [-0.1, -0.05) is 13.8 Å². The molecule has 0 aromatic carbocycles. The van der Waals surface area contributed by atoms with Gasteiger partial charge in [-0.25, -0.2) is 4.79 Å². The molecule has 4 nitrogen and oxygen atoms in total. The van der Waals surface area contributed by atoms with Gasteiger partial charge in [0.1, 0.15) is 11.4 Å². The number of amides is 1. The number of carbonyl (C=O) groups is 2. The molecular weight excluding hydrogens is 254 g/mol. The molecule has 1 saturated heterocycles. The summed E-state index contributed by atoms with van der Waals surface area (Å²) >= 11 is 0. The number of ether oxygens (including phenoxy) is 1. The Morgan fingerprint density at radius 1 is 1.30 bits per heavy atom. The zero-order chi connectivity index (χ0) is 15.1. The lowest BCUT2D eigenvalue weighted by Gasteiger charge is -2.46. The highest BCUT2D eigenvalue weighted by Gasteiger charge is 2.51. The maximum absolute atomic E-state index is 12.1. The zero-order valence-corrected chi connectivity index (χ0v) is 13.4. The molecule has 0 aromatic heterocycles. The standard InChI is InChI=1S/C16H27NO3/c1-11-10-17(14(19)20-15(3,4)5)9-8-16(11)7-6-13(18)12(16)2/h11-12H,6-10H2,1-5H3. The van der Waals surface area contributed by atoms with Crippen molar-refractivity contribution in [2.24, 2.45) is 17.3 Å². The molecule has 0 bridgehead atoms. The molecule has 114 valence electrons. The Kier molecular flexibility index (Phi) is 3.87. The first-order valence-corrected chi connectivity index (χ1v) is 7.66. The predicted molar refractivity (Wildman–Crippen MR) is 77.4 cm³/mol. The largest absolute Gasteiger partial charge is 0.444 e. The van der Waals surface area contributed by atoms with Crippen LogP contribution in [0.3, 0.4) is 0 Å². The van der Waals surface area contributed by atoms with E-state index >= 15 is 0 Å². The Balaban J connectivity index is 2.03. The molecule has 20 heavy (non-hydrogen) atoms. The summed E-state index contributed by atoms with van der Waals surface area (Å²) in [4.78, 5) is 25.8. The summed E-state index contributed by atoms with van der Waals surface area (Å²) < 4.78 is 5.44. The van der Waals surface area contributed by atoms with Gasteiger partial charge in [-0.3, -0.25) is 4.79 Å². The van der Waals surface area contributed by atoms with Gasteiger partial charge in [0.05, 0.1) is 0 Å². The second-order valence-corrected chi connectivity index (χ2v) is 7.50. The number of Topliss-reactive ketones (excluding diaryl/α,β-unsaturated/α-hetero) is 1. The van der Waals surface area contributed by atoms with Gasteiger partial charge in [0.2, 0.25) is 0 Å². The lowest BCUT2D eigenvalue weighted by Crippen LogP contribution is -2.51. The minimum Gasteiger partial charge on any atom is -0.444 e. The van der Waals surface area contributed by atoms with E-state index in [1.54, 1.807) is 4.90 Å². The highest BCUT2D eigenvalue weighted by molar-refractivity contribution is 5.84. The average Bonchev–Trinajstić information content (AvgIpc) is 2.60. The number of hydrogen-bond acceptors (Lipinski definition) is 3. The van der Waals surface area contributed by atoms with Crippen molar-refractivity contribution in [2.75, 3.05) is 13.1 Å². The topological polar surface area (TPSA) is 46.6 Å². The SMILES string of the molecule is CC1CN(C(=O)OC(C)(C)C)CCC12CCC(=O)C2C. The van der Waals surface area contributed by atoms with Crippen LogP contribution in [0.4, 0.5) is 4.79 Å². The molecule has 2 fully saturated rings. The van der Waals surface area contributed by atoms with Crippen molar-refractivity contribution < 1.29 is 14.3 Å². The van der Waals surface area contributed by atoms with Gasteiger partial charge in [-0.2, -0.15) is 0 Å². The molecule has 2 rings (SSSR count). The quantitative estimate of drug-likeness (QED) is 0.684. The second-order valence-electron chi connectivity index (χ2n) is 7.50. The fourth-order valence-electron chi connectivity index (χ4n) is 3.81. The van der Waals surface area contributed by atoms with Crippen molar-refractivity contribution in [3.05, 3.63) is 0 Å². The number of ketones is 1. The highest BCUT2D eigenvalue weighted by Crippen LogP contribution is 2.51. The molecule has 0 aromatic rings. The van der Waals surface area contributed by atoms with E-state index in [0.717, 1.165) is 12.8 Å². The van der Waals surface area contributed by atoms with Crippen LogP contribution in [-0.4, -0.2) is 35.5 Å². The third kappa shape index (κ3) is 2.70. The maximum atomic E-state index is 12.1. The number of piperidine rings is 1. The number of likely N-dealkylation sites (tertiary alicyclic amines) is 1. The van der Waals surface area contributed by atoms with Gasteiger partial charge >= 0.3 is 6.09 Å². The van der Waals surface area contributed by atoms with Crippen LogP contribution < -0.4 is 0 Å². The zero-order valence-electron chi connectivity index (χ0n) is 13.4. The number of carbonyl (C=O) groups excluding carboxylic acids is 2. The minimum atomic E-state index is -0.452. The van der Waals surface area contributed by atoms with Crippen LogP contribution in [0.1, 0.15) is 53.9 Å². The smallest absolute Gasteiger partial charge is 0.410 e. The molecule has 0 N–H and O–H groups in total. The highest BCUT2D eigenvalue weighted by atomic mass is 16.6. The van der Waals surface area contributed by atoms with Gasteiger partial charge in [0.15, 0.2) is 0 Å². The van der Waals surface area contributed by atoms with Crippen LogP contribution >= 0.6 is 0 Å². The normalized spacial score (nSPS) is 34.6. The van der Waals surface area contributed by atoms with Gasteiger partial charge in [0.25, 0.3) is 0 Å². The third-order valence-corrected chi connectivity index (χ3v) is 5.16. The van der Waals surface area contributed by atoms with Gasteiger partial charge in [-0.05, 0) is 44.9 Å². The van der Waals surface area contributed by atoms with Gasteiger partial charge in [-0.15, -0.1) is 0 Å². The first-order valence-electron chi connectivity index (χ1n) is 7.66. The molecule has 3 unspecified atom stereocenters. The number of rotatable bonds is 0. The summed E-state index contributed by atoms with van der Waals surface area (Å²) in [5.74, 6) is 0.881. The molecule has 0 radical (unpaired) electrons. The van der Waals surface area contributed by atoms with Crippen molar-refractivity contribution in [1.82, 2.24) is 4.90 Å². The second kappa shape index (κ2) is 5.05. The van der Waals surface area contributed by atoms with E-state index < -0.39 is 5.60 Å². The fraction of sp³-hybridized carbons (Fsp3) is 0.875. The molecule has 1 saturated carbocycles.